The smallest absolute Gasteiger partial charge is 0.0204 e. The Morgan fingerprint density at radius 3 is 2.58 bits per heavy atom. The number of piperidine rings is 1. The second kappa shape index (κ2) is 2.62. The monoisotopic (exact) mass is 187 g/mol. The second-order valence-electron chi connectivity index (χ2n) is 5.18. The van der Waals surface area contributed by atoms with Crippen LogP contribution in [0.1, 0.15) is 39.0 Å². The van der Waals surface area contributed by atoms with Crippen molar-refractivity contribution in [2.24, 2.45) is 11.8 Å². The van der Waals surface area contributed by atoms with Gasteiger partial charge >= 0.3 is 0 Å². The Hall–Kier alpha value is 0.250. The fraction of sp³-hybridized carbons (Fsp3) is 1.00. The highest BCUT2D eigenvalue weighted by Gasteiger charge is 2.52. The Morgan fingerprint density at radius 2 is 1.92 bits per heavy atom. The zero-order chi connectivity index (χ0) is 7.47. The molecule has 1 nitrogen and oxygen atoms in total. The molecule has 1 spiro atoms. The molecule has 0 aromatic carbocycles. The molecule has 2 aliphatic heterocycles. The molecule has 3 bridgehead atoms. The summed E-state index contributed by atoms with van der Waals surface area (Å²) in [7, 11) is 0. The van der Waals surface area contributed by atoms with Crippen LogP contribution in [0.5, 0.6) is 0 Å². The van der Waals surface area contributed by atoms with Crippen molar-refractivity contribution in [1.29, 1.82) is 0 Å². The molecular formula is C10H18ClN. The summed E-state index contributed by atoms with van der Waals surface area (Å²) in [6.07, 6.45) is 7.44. The summed E-state index contributed by atoms with van der Waals surface area (Å²) >= 11 is 0. The van der Waals surface area contributed by atoms with E-state index < -0.39 is 0 Å². The topological polar surface area (TPSA) is 12.0 Å². The highest BCUT2D eigenvalue weighted by Crippen LogP contribution is 2.51. The summed E-state index contributed by atoms with van der Waals surface area (Å²) in [5, 5.41) is 3.75. The first kappa shape index (κ1) is 8.83. The maximum Gasteiger partial charge on any atom is 0.0204 e. The van der Waals surface area contributed by atoms with E-state index in [0.717, 1.165) is 17.9 Å². The number of rotatable bonds is 0. The number of halogens is 1. The lowest BCUT2D eigenvalue weighted by Gasteiger charge is -2.61. The Kier molecular flexibility index (Phi) is 1.93. The molecule has 0 radical (unpaired) electrons. The van der Waals surface area contributed by atoms with Crippen molar-refractivity contribution in [2.45, 2.75) is 50.6 Å². The summed E-state index contributed by atoms with van der Waals surface area (Å²) in [5.74, 6) is 2.07. The first-order valence-electron chi connectivity index (χ1n) is 5.03. The fourth-order valence-electron chi connectivity index (χ4n) is 3.93. The van der Waals surface area contributed by atoms with Crippen LogP contribution >= 0.6 is 12.4 Å². The first-order valence-corrected chi connectivity index (χ1v) is 5.03. The van der Waals surface area contributed by atoms with Gasteiger partial charge in [0.25, 0.3) is 0 Å². The maximum atomic E-state index is 3.75. The van der Waals surface area contributed by atoms with Crippen molar-refractivity contribution in [3.8, 4) is 0 Å². The summed E-state index contributed by atoms with van der Waals surface area (Å²) in [5.41, 5.74) is 0.644. The predicted octanol–water partition coefficient (Wildman–Crippen LogP) is 2.35. The Bertz CT molecular complexity index is 178. The maximum absolute atomic E-state index is 3.75. The van der Waals surface area contributed by atoms with E-state index in [-0.39, 0.29) is 12.4 Å². The van der Waals surface area contributed by atoms with Gasteiger partial charge in [-0.25, -0.2) is 0 Å². The zero-order valence-corrected chi connectivity index (χ0v) is 8.49. The number of nitrogens with one attached hydrogen (secondary N) is 1. The van der Waals surface area contributed by atoms with Gasteiger partial charge in [-0.15, -0.1) is 12.4 Å². The predicted molar refractivity (Wildman–Crippen MR) is 52.6 cm³/mol. The van der Waals surface area contributed by atoms with Crippen molar-refractivity contribution in [3.05, 3.63) is 0 Å². The lowest BCUT2D eigenvalue weighted by atomic mass is 9.57. The molecule has 0 aromatic heterocycles. The first-order chi connectivity index (χ1) is 5.26. The zero-order valence-electron chi connectivity index (χ0n) is 7.68. The van der Waals surface area contributed by atoms with Gasteiger partial charge in [-0.3, -0.25) is 0 Å². The highest BCUT2D eigenvalue weighted by atomic mass is 35.5. The van der Waals surface area contributed by atoms with E-state index in [9.17, 15) is 0 Å². The van der Waals surface area contributed by atoms with Crippen LogP contribution in [-0.4, -0.2) is 11.6 Å². The molecule has 0 aromatic rings. The minimum Gasteiger partial charge on any atom is -0.308 e. The van der Waals surface area contributed by atoms with E-state index in [1.165, 1.54) is 32.1 Å². The summed E-state index contributed by atoms with van der Waals surface area (Å²) in [6, 6.07) is 0.918. The fourth-order valence-corrected chi connectivity index (χ4v) is 3.93. The van der Waals surface area contributed by atoms with Crippen molar-refractivity contribution < 1.29 is 0 Å². The third-order valence-electron chi connectivity index (χ3n) is 3.92. The van der Waals surface area contributed by atoms with Crippen LogP contribution in [0.15, 0.2) is 0 Å². The Balaban J connectivity index is 0.000000563. The van der Waals surface area contributed by atoms with Crippen molar-refractivity contribution in [2.75, 3.05) is 0 Å². The summed E-state index contributed by atoms with van der Waals surface area (Å²) in [6.45, 7) is 2.42. The third kappa shape index (κ3) is 1.10. The van der Waals surface area contributed by atoms with Crippen LogP contribution in [0.2, 0.25) is 0 Å². The quantitative estimate of drug-likeness (QED) is 0.614. The van der Waals surface area contributed by atoms with Gasteiger partial charge in [-0.05, 0) is 43.9 Å². The van der Waals surface area contributed by atoms with Crippen LogP contribution in [0.25, 0.3) is 0 Å². The normalized spacial score (nSPS) is 55.2. The lowest BCUT2D eigenvalue weighted by molar-refractivity contribution is -0.0261. The molecule has 4 atom stereocenters. The SMILES string of the molecule is CC1CC2CC3CC(C1)(C2)N3.Cl. The van der Waals surface area contributed by atoms with Crippen LogP contribution < -0.4 is 5.32 Å². The molecule has 0 amide bonds. The molecule has 4 rings (SSSR count). The van der Waals surface area contributed by atoms with Crippen LogP contribution in [0.3, 0.4) is 0 Å². The Labute approximate surface area is 80.7 Å². The molecule has 4 fully saturated rings. The van der Waals surface area contributed by atoms with Gasteiger partial charge in [0.1, 0.15) is 0 Å². The van der Waals surface area contributed by atoms with Gasteiger partial charge in [0, 0.05) is 11.6 Å². The minimum atomic E-state index is 0. The van der Waals surface area contributed by atoms with Crippen molar-refractivity contribution >= 4 is 12.4 Å². The van der Waals surface area contributed by atoms with Gasteiger partial charge in [0.2, 0.25) is 0 Å². The van der Waals surface area contributed by atoms with E-state index >= 15 is 0 Å². The molecule has 70 valence electrons. The van der Waals surface area contributed by atoms with E-state index in [1.54, 1.807) is 0 Å². The molecule has 2 saturated heterocycles. The minimum absolute atomic E-state index is 0. The van der Waals surface area contributed by atoms with Gasteiger partial charge in [0.05, 0.1) is 0 Å². The van der Waals surface area contributed by atoms with E-state index in [4.69, 9.17) is 0 Å². The Morgan fingerprint density at radius 1 is 1.17 bits per heavy atom. The number of hydrogen-bond donors (Lipinski definition) is 1. The van der Waals surface area contributed by atoms with Gasteiger partial charge in [-0.1, -0.05) is 6.92 Å². The van der Waals surface area contributed by atoms with E-state index in [1.807, 2.05) is 0 Å². The van der Waals surface area contributed by atoms with E-state index in [2.05, 4.69) is 12.2 Å². The van der Waals surface area contributed by atoms with Crippen molar-refractivity contribution in [1.82, 2.24) is 5.32 Å². The van der Waals surface area contributed by atoms with Gasteiger partial charge in [0.15, 0.2) is 0 Å². The van der Waals surface area contributed by atoms with Crippen molar-refractivity contribution in [3.63, 3.8) is 0 Å². The average molecular weight is 188 g/mol. The lowest BCUT2D eigenvalue weighted by Crippen LogP contribution is -2.70. The molecule has 4 unspecified atom stereocenters. The van der Waals surface area contributed by atoms with Gasteiger partial charge < -0.3 is 5.32 Å². The molecule has 2 heterocycles. The summed E-state index contributed by atoms with van der Waals surface area (Å²) < 4.78 is 0. The molecule has 4 aliphatic rings. The van der Waals surface area contributed by atoms with Gasteiger partial charge in [-0.2, -0.15) is 0 Å². The highest BCUT2D eigenvalue weighted by molar-refractivity contribution is 5.85. The molecule has 12 heavy (non-hydrogen) atoms. The standard InChI is InChI=1S/C10H17N.ClH/c1-7-2-8-3-9-6-10(4-7,5-8)11-9;/h7-9,11H,2-6H2,1H3;1H. The average Bonchev–Trinajstić information content (AvgIpc) is 1.81. The molecule has 2 aliphatic carbocycles. The molecule has 1 N–H and O–H groups in total. The second-order valence-corrected chi connectivity index (χ2v) is 5.18. The van der Waals surface area contributed by atoms with Crippen LogP contribution in [-0.2, 0) is 0 Å². The molecule has 2 heteroatoms. The summed E-state index contributed by atoms with van der Waals surface area (Å²) in [4.78, 5) is 0. The van der Waals surface area contributed by atoms with E-state index in [0.29, 0.717) is 5.54 Å². The molecule has 2 saturated carbocycles. The number of hydrogen-bond acceptors (Lipinski definition) is 1. The van der Waals surface area contributed by atoms with Crippen LogP contribution in [0.4, 0.5) is 0 Å². The largest absolute Gasteiger partial charge is 0.308 e. The molecular weight excluding hydrogens is 170 g/mol. The third-order valence-corrected chi connectivity index (χ3v) is 3.92. The van der Waals surface area contributed by atoms with Crippen LogP contribution in [0, 0.1) is 11.8 Å².